The van der Waals surface area contributed by atoms with Crippen molar-refractivity contribution in [2.75, 3.05) is 27.2 Å². The lowest BCUT2D eigenvalue weighted by Crippen LogP contribution is -2.34. The van der Waals surface area contributed by atoms with E-state index in [1.807, 2.05) is 45.3 Å². The van der Waals surface area contributed by atoms with Gasteiger partial charge in [0.25, 0.3) is 0 Å². The fourth-order valence-electron chi connectivity index (χ4n) is 2.50. The number of para-hydroxylation sites is 1. The fourth-order valence-corrected chi connectivity index (χ4v) is 3.20. The van der Waals surface area contributed by atoms with Gasteiger partial charge in [-0.25, -0.2) is 0 Å². The van der Waals surface area contributed by atoms with Crippen LogP contribution in [-0.4, -0.2) is 38.1 Å². The molecule has 0 spiro atoms. The van der Waals surface area contributed by atoms with Crippen molar-refractivity contribution in [1.82, 2.24) is 10.2 Å². The Kier molecular flexibility index (Phi) is 7.28. The summed E-state index contributed by atoms with van der Waals surface area (Å²) in [6.07, 6.45) is 1.20. The lowest BCUT2D eigenvalue weighted by molar-refractivity contribution is -0.121. The summed E-state index contributed by atoms with van der Waals surface area (Å²) in [6, 6.07) is 10.2. The molecule has 5 heteroatoms. The number of hydrogen-bond acceptors (Lipinski definition) is 4. The largest absolute Gasteiger partial charge is 0.493 e. The van der Waals surface area contributed by atoms with E-state index in [1.165, 1.54) is 5.56 Å². The van der Waals surface area contributed by atoms with Gasteiger partial charge in [-0.3, -0.25) is 4.79 Å². The summed E-state index contributed by atoms with van der Waals surface area (Å²) >= 11 is 1.68. The third kappa shape index (κ3) is 5.65. The number of thiophene rings is 1. The van der Waals surface area contributed by atoms with Gasteiger partial charge in [0.1, 0.15) is 5.75 Å². The number of aryl methyl sites for hydroxylation is 1. The molecule has 0 saturated carbocycles. The maximum Gasteiger partial charge on any atom is 0.220 e. The number of carbonyl (C=O) groups is 1. The van der Waals surface area contributed by atoms with Crippen molar-refractivity contribution in [2.45, 2.75) is 25.8 Å². The predicted molar refractivity (Wildman–Crippen MR) is 99.7 cm³/mol. The molecule has 1 heterocycles. The summed E-state index contributed by atoms with van der Waals surface area (Å²) in [5, 5.41) is 7.23. The Morgan fingerprint density at radius 3 is 2.75 bits per heavy atom. The second kappa shape index (κ2) is 9.45. The minimum absolute atomic E-state index is 0.0745. The molecule has 1 amide bonds. The van der Waals surface area contributed by atoms with Crippen LogP contribution in [0.15, 0.2) is 41.1 Å². The molecular formula is C19H26N2O2S. The molecule has 2 rings (SSSR count). The van der Waals surface area contributed by atoms with Crippen LogP contribution in [0.1, 0.15) is 30.0 Å². The van der Waals surface area contributed by atoms with Crippen LogP contribution in [0.3, 0.4) is 0 Å². The molecular weight excluding hydrogens is 320 g/mol. The van der Waals surface area contributed by atoms with Gasteiger partial charge in [-0.15, -0.1) is 0 Å². The van der Waals surface area contributed by atoms with Gasteiger partial charge in [-0.2, -0.15) is 11.3 Å². The van der Waals surface area contributed by atoms with Gasteiger partial charge in [0.15, 0.2) is 0 Å². The molecule has 1 aromatic carbocycles. The first-order valence-corrected chi connectivity index (χ1v) is 9.16. The fraction of sp³-hybridized carbons (Fsp3) is 0.421. The van der Waals surface area contributed by atoms with Gasteiger partial charge >= 0.3 is 0 Å². The van der Waals surface area contributed by atoms with E-state index in [1.54, 1.807) is 11.3 Å². The highest BCUT2D eigenvalue weighted by Crippen LogP contribution is 2.20. The highest BCUT2D eigenvalue weighted by atomic mass is 32.1. The Balaban J connectivity index is 1.68. The van der Waals surface area contributed by atoms with Crippen LogP contribution in [-0.2, 0) is 4.79 Å². The van der Waals surface area contributed by atoms with E-state index in [0.717, 1.165) is 11.3 Å². The average Bonchev–Trinajstić information content (AvgIpc) is 3.07. The van der Waals surface area contributed by atoms with E-state index in [2.05, 4.69) is 27.0 Å². The molecule has 0 bridgehead atoms. The van der Waals surface area contributed by atoms with Crippen molar-refractivity contribution in [3.05, 3.63) is 52.2 Å². The van der Waals surface area contributed by atoms with Gasteiger partial charge in [0.2, 0.25) is 5.91 Å². The van der Waals surface area contributed by atoms with Gasteiger partial charge in [-0.05, 0) is 61.5 Å². The van der Waals surface area contributed by atoms with Gasteiger partial charge < -0.3 is 15.0 Å². The Morgan fingerprint density at radius 2 is 2.08 bits per heavy atom. The number of likely N-dealkylation sites (N-methyl/N-ethyl adjacent to an activating group) is 1. The molecule has 4 nitrogen and oxygen atoms in total. The SMILES string of the molecule is Cc1ccccc1OCCCC(=O)NCC(c1ccsc1)N(C)C. The maximum atomic E-state index is 12.0. The molecule has 24 heavy (non-hydrogen) atoms. The molecule has 0 saturated heterocycles. The minimum Gasteiger partial charge on any atom is -0.493 e. The van der Waals surface area contributed by atoms with Crippen LogP contribution >= 0.6 is 11.3 Å². The van der Waals surface area contributed by atoms with Crippen LogP contribution < -0.4 is 10.1 Å². The van der Waals surface area contributed by atoms with Crippen LogP contribution in [0.4, 0.5) is 0 Å². The normalized spacial score (nSPS) is 12.2. The van der Waals surface area contributed by atoms with E-state index >= 15 is 0 Å². The molecule has 130 valence electrons. The van der Waals surface area contributed by atoms with Crippen molar-refractivity contribution in [2.24, 2.45) is 0 Å². The lowest BCUT2D eigenvalue weighted by atomic mass is 10.1. The quantitative estimate of drug-likeness (QED) is 0.705. The van der Waals surface area contributed by atoms with Gasteiger partial charge in [0, 0.05) is 13.0 Å². The van der Waals surface area contributed by atoms with Crippen LogP contribution in [0, 0.1) is 6.92 Å². The summed E-state index contributed by atoms with van der Waals surface area (Å²) in [5.41, 5.74) is 2.36. The standard InChI is InChI=1S/C19H26N2O2S/c1-15-7-4-5-8-18(15)23-11-6-9-19(22)20-13-17(21(2)3)16-10-12-24-14-16/h4-5,7-8,10,12,14,17H,6,9,11,13H2,1-3H3,(H,20,22). The average molecular weight is 346 g/mol. The highest BCUT2D eigenvalue weighted by molar-refractivity contribution is 7.07. The van der Waals surface area contributed by atoms with E-state index in [0.29, 0.717) is 26.0 Å². The monoisotopic (exact) mass is 346 g/mol. The smallest absolute Gasteiger partial charge is 0.220 e. The molecule has 2 aromatic rings. The number of carbonyl (C=O) groups excluding carboxylic acids is 1. The minimum atomic E-state index is 0.0745. The topological polar surface area (TPSA) is 41.6 Å². The van der Waals surface area contributed by atoms with Crippen molar-refractivity contribution in [1.29, 1.82) is 0 Å². The number of hydrogen-bond donors (Lipinski definition) is 1. The molecule has 0 radical (unpaired) electrons. The summed E-state index contributed by atoms with van der Waals surface area (Å²) in [5.74, 6) is 0.966. The van der Waals surface area contributed by atoms with Crippen molar-refractivity contribution in [3.8, 4) is 5.75 Å². The first-order valence-electron chi connectivity index (χ1n) is 8.21. The van der Waals surface area contributed by atoms with Crippen molar-refractivity contribution >= 4 is 17.2 Å². The molecule has 0 fully saturated rings. The van der Waals surface area contributed by atoms with E-state index in [-0.39, 0.29) is 11.9 Å². The number of benzene rings is 1. The second-order valence-electron chi connectivity index (χ2n) is 6.06. The molecule has 0 aliphatic heterocycles. The zero-order valence-corrected chi connectivity index (χ0v) is 15.4. The molecule has 0 aliphatic rings. The van der Waals surface area contributed by atoms with Crippen molar-refractivity contribution < 1.29 is 9.53 Å². The lowest BCUT2D eigenvalue weighted by Gasteiger charge is -2.24. The maximum absolute atomic E-state index is 12.0. The van der Waals surface area contributed by atoms with Crippen LogP contribution in [0.5, 0.6) is 5.75 Å². The third-order valence-electron chi connectivity index (χ3n) is 3.94. The number of amides is 1. The Hall–Kier alpha value is -1.85. The molecule has 1 unspecified atom stereocenters. The zero-order chi connectivity index (χ0) is 17.4. The van der Waals surface area contributed by atoms with Crippen molar-refractivity contribution in [3.63, 3.8) is 0 Å². The summed E-state index contributed by atoms with van der Waals surface area (Å²) in [7, 11) is 4.06. The van der Waals surface area contributed by atoms with E-state index < -0.39 is 0 Å². The zero-order valence-electron chi connectivity index (χ0n) is 14.6. The van der Waals surface area contributed by atoms with E-state index in [9.17, 15) is 4.79 Å². The highest BCUT2D eigenvalue weighted by Gasteiger charge is 2.15. The van der Waals surface area contributed by atoms with Crippen LogP contribution in [0.2, 0.25) is 0 Å². The van der Waals surface area contributed by atoms with Crippen LogP contribution in [0.25, 0.3) is 0 Å². The molecule has 0 aliphatic carbocycles. The van der Waals surface area contributed by atoms with Gasteiger partial charge in [-0.1, -0.05) is 18.2 Å². The predicted octanol–water partition coefficient (Wildman–Crippen LogP) is 3.63. The van der Waals surface area contributed by atoms with Gasteiger partial charge in [0.05, 0.1) is 12.6 Å². The summed E-state index contributed by atoms with van der Waals surface area (Å²) in [6.45, 7) is 3.20. The Labute approximate surface area is 148 Å². The second-order valence-corrected chi connectivity index (χ2v) is 6.84. The Bertz CT molecular complexity index is 626. The number of nitrogens with one attached hydrogen (secondary N) is 1. The molecule has 1 atom stereocenters. The Morgan fingerprint density at radius 1 is 1.29 bits per heavy atom. The summed E-state index contributed by atoms with van der Waals surface area (Å²) < 4.78 is 5.72. The van der Waals surface area contributed by atoms with E-state index in [4.69, 9.17) is 4.74 Å². The number of rotatable bonds is 9. The number of ether oxygens (including phenoxy) is 1. The number of nitrogens with zero attached hydrogens (tertiary/aromatic N) is 1. The molecule has 1 N–H and O–H groups in total. The molecule has 1 aromatic heterocycles. The first-order chi connectivity index (χ1) is 11.6. The third-order valence-corrected chi connectivity index (χ3v) is 4.64. The summed E-state index contributed by atoms with van der Waals surface area (Å²) in [4.78, 5) is 14.2. The first kappa shape index (κ1) is 18.5.